The number of hydrogen-bond acceptors (Lipinski definition) is 5. The van der Waals surface area contributed by atoms with Gasteiger partial charge in [0.05, 0.1) is 21.3 Å². The van der Waals surface area contributed by atoms with Crippen LogP contribution in [0, 0.1) is 0 Å². The second-order valence-electron chi connectivity index (χ2n) is 3.55. The topological polar surface area (TPSA) is 57.7 Å². The predicted molar refractivity (Wildman–Crippen MR) is 66.2 cm³/mol. The molecule has 0 aliphatic rings. The average Bonchev–Trinajstić information content (AvgIpc) is 2.44. The zero-order chi connectivity index (χ0) is 13.1. The van der Waals surface area contributed by atoms with E-state index in [2.05, 4.69) is 9.72 Å². The molecule has 5 heteroatoms. The van der Waals surface area contributed by atoms with Crippen molar-refractivity contribution in [1.29, 1.82) is 0 Å². The van der Waals surface area contributed by atoms with Crippen molar-refractivity contribution in [3.05, 3.63) is 30.0 Å². The third-order valence-electron chi connectivity index (χ3n) is 2.61. The molecule has 0 N–H and O–H groups in total. The third kappa shape index (κ3) is 1.95. The van der Waals surface area contributed by atoms with Gasteiger partial charge in [-0.05, 0) is 24.3 Å². The third-order valence-corrected chi connectivity index (χ3v) is 2.61. The molecule has 2 aromatic rings. The Morgan fingerprint density at radius 1 is 1.00 bits per heavy atom. The van der Waals surface area contributed by atoms with E-state index in [1.165, 1.54) is 7.11 Å². The number of benzene rings is 1. The summed E-state index contributed by atoms with van der Waals surface area (Å²) in [6, 6.07) is 6.89. The summed E-state index contributed by atoms with van der Waals surface area (Å²) < 4.78 is 15.1. The molecule has 1 aromatic carbocycles. The number of nitrogens with zero attached hydrogens (tertiary/aromatic N) is 1. The lowest BCUT2D eigenvalue weighted by Gasteiger charge is -2.09. The highest BCUT2D eigenvalue weighted by molar-refractivity contribution is 5.95. The molecule has 0 aliphatic carbocycles. The van der Waals surface area contributed by atoms with E-state index in [4.69, 9.17) is 9.47 Å². The molecule has 0 atom stereocenters. The number of pyridine rings is 1. The van der Waals surface area contributed by atoms with Gasteiger partial charge in [-0.3, -0.25) is 0 Å². The van der Waals surface area contributed by atoms with Gasteiger partial charge in [0.1, 0.15) is 22.7 Å². The van der Waals surface area contributed by atoms with Gasteiger partial charge < -0.3 is 14.2 Å². The fourth-order valence-corrected chi connectivity index (χ4v) is 1.73. The number of fused-ring (bicyclic) bond motifs is 1. The summed E-state index contributed by atoms with van der Waals surface area (Å²) in [6.07, 6.45) is 0. The van der Waals surface area contributed by atoms with Crippen molar-refractivity contribution in [3.8, 4) is 11.5 Å². The van der Waals surface area contributed by atoms with Crippen LogP contribution < -0.4 is 9.47 Å². The quantitative estimate of drug-likeness (QED) is 0.777. The van der Waals surface area contributed by atoms with Crippen LogP contribution in [0.2, 0.25) is 0 Å². The molecule has 0 fully saturated rings. The molecule has 2 rings (SSSR count). The van der Waals surface area contributed by atoms with Gasteiger partial charge in [-0.15, -0.1) is 0 Å². The van der Waals surface area contributed by atoms with Crippen molar-refractivity contribution in [2.45, 2.75) is 0 Å². The number of ether oxygens (including phenoxy) is 3. The van der Waals surface area contributed by atoms with Crippen LogP contribution >= 0.6 is 0 Å². The van der Waals surface area contributed by atoms with Crippen LogP contribution in [0.4, 0.5) is 0 Å². The zero-order valence-electron chi connectivity index (χ0n) is 10.4. The summed E-state index contributed by atoms with van der Waals surface area (Å²) in [5.41, 5.74) is 0.802. The van der Waals surface area contributed by atoms with E-state index in [0.29, 0.717) is 17.0 Å². The largest absolute Gasteiger partial charge is 0.496 e. The summed E-state index contributed by atoms with van der Waals surface area (Å²) in [7, 11) is 4.44. The maximum atomic E-state index is 11.5. The van der Waals surface area contributed by atoms with Crippen molar-refractivity contribution in [1.82, 2.24) is 4.98 Å². The lowest BCUT2D eigenvalue weighted by atomic mass is 10.1. The van der Waals surface area contributed by atoms with Crippen LogP contribution in [0.5, 0.6) is 11.5 Å². The number of esters is 1. The molecular weight excluding hydrogens is 234 g/mol. The fraction of sp³-hybridized carbons (Fsp3) is 0.231. The molecule has 1 aromatic heterocycles. The van der Waals surface area contributed by atoms with Crippen molar-refractivity contribution in [2.24, 2.45) is 0 Å². The molecule has 0 aliphatic heterocycles. The first-order chi connectivity index (χ1) is 8.71. The SMILES string of the molecule is COC(=O)c1ccc2c(OC)ccc(OC)c2n1. The van der Waals surface area contributed by atoms with Crippen LogP contribution in [0.3, 0.4) is 0 Å². The first-order valence-corrected chi connectivity index (χ1v) is 5.31. The van der Waals surface area contributed by atoms with Crippen LogP contribution in [-0.2, 0) is 4.74 Å². The predicted octanol–water partition coefficient (Wildman–Crippen LogP) is 2.04. The van der Waals surface area contributed by atoms with Crippen molar-refractivity contribution >= 4 is 16.9 Å². The Morgan fingerprint density at radius 2 is 1.67 bits per heavy atom. The summed E-state index contributed by atoms with van der Waals surface area (Å²) in [6.45, 7) is 0. The molecule has 18 heavy (non-hydrogen) atoms. The Labute approximate surface area is 104 Å². The summed E-state index contributed by atoms with van der Waals surface area (Å²) in [5.74, 6) is 0.771. The molecule has 0 bridgehead atoms. The number of hydrogen-bond donors (Lipinski definition) is 0. The number of aromatic nitrogens is 1. The standard InChI is InChI=1S/C13H13NO4/c1-16-10-6-7-11(17-2)12-8(10)4-5-9(14-12)13(15)18-3/h4-7H,1-3H3. The monoisotopic (exact) mass is 247 g/mol. The number of carbonyl (C=O) groups excluding carboxylic acids is 1. The number of carbonyl (C=O) groups is 1. The molecule has 0 radical (unpaired) electrons. The summed E-state index contributed by atoms with van der Waals surface area (Å²) >= 11 is 0. The number of rotatable bonds is 3. The molecule has 0 saturated carbocycles. The van der Waals surface area contributed by atoms with Crippen molar-refractivity contribution in [2.75, 3.05) is 21.3 Å². The second kappa shape index (κ2) is 4.91. The average molecular weight is 247 g/mol. The zero-order valence-corrected chi connectivity index (χ0v) is 10.4. The van der Waals surface area contributed by atoms with E-state index in [1.807, 2.05) is 0 Å². The minimum absolute atomic E-state index is 0.233. The van der Waals surface area contributed by atoms with E-state index < -0.39 is 5.97 Å². The molecular formula is C13H13NO4. The first kappa shape index (κ1) is 12.2. The van der Waals surface area contributed by atoms with E-state index in [1.54, 1.807) is 38.5 Å². The molecule has 1 heterocycles. The van der Waals surface area contributed by atoms with E-state index in [0.717, 1.165) is 5.39 Å². The first-order valence-electron chi connectivity index (χ1n) is 5.31. The lowest BCUT2D eigenvalue weighted by molar-refractivity contribution is 0.0594. The van der Waals surface area contributed by atoms with Gasteiger partial charge in [0.25, 0.3) is 0 Å². The van der Waals surface area contributed by atoms with Gasteiger partial charge in [-0.25, -0.2) is 9.78 Å². The smallest absolute Gasteiger partial charge is 0.356 e. The number of methoxy groups -OCH3 is 3. The van der Waals surface area contributed by atoms with E-state index >= 15 is 0 Å². The normalized spacial score (nSPS) is 10.2. The highest BCUT2D eigenvalue weighted by Gasteiger charge is 2.13. The fourth-order valence-electron chi connectivity index (χ4n) is 1.73. The van der Waals surface area contributed by atoms with Gasteiger partial charge in [0, 0.05) is 5.39 Å². The van der Waals surface area contributed by atoms with Gasteiger partial charge in [0.2, 0.25) is 0 Å². The Bertz CT molecular complexity index is 595. The van der Waals surface area contributed by atoms with Gasteiger partial charge in [-0.2, -0.15) is 0 Å². The Hall–Kier alpha value is -2.30. The maximum Gasteiger partial charge on any atom is 0.356 e. The van der Waals surface area contributed by atoms with Crippen LogP contribution in [0.25, 0.3) is 10.9 Å². The van der Waals surface area contributed by atoms with Gasteiger partial charge in [0.15, 0.2) is 0 Å². The van der Waals surface area contributed by atoms with Gasteiger partial charge >= 0.3 is 5.97 Å². The van der Waals surface area contributed by atoms with Crippen molar-refractivity contribution < 1.29 is 19.0 Å². The summed E-state index contributed by atoms with van der Waals surface area (Å²) in [5, 5.41) is 0.782. The Kier molecular flexibility index (Phi) is 3.32. The molecule has 5 nitrogen and oxygen atoms in total. The van der Waals surface area contributed by atoms with Crippen LogP contribution in [0.15, 0.2) is 24.3 Å². The lowest BCUT2D eigenvalue weighted by Crippen LogP contribution is -2.04. The Morgan fingerprint density at radius 3 is 2.28 bits per heavy atom. The molecule has 0 unspecified atom stereocenters. The highest BCUT2D eigenvalue weighted by atomic mass is 16.5. The maximum absolute atomic E-state index is 11.5. The van der Waals surface area contributed by atoms with E-state index in [9.17, 15) is 4.79 Å². The molecule has 0 spiro atoms. The molecule has 0 saturated heterocycles. The van der Waals surface area contributed by atoms with E-state index in [-0.39, 0.29) is 5.69 Å². The Balaban J connectivity index is 2.70. The van der Waals surface area contributed by atoms with Crippen LogP contribution in [0.1, 0.15) is 10.5 Å². The summed E-state index contributed by atoms with van der Waals surface area (Å²) in [4.78, 5) is 15.7. The van der Waals surface area contributed by atoms with Crippen LogP contribution in [-0.4, -0.2) is 32.3 Å². The van der Waals surface area contributed by atoms with Gasteiger partial charge in [-0.1, -0.05) is 0 Å². The highest BCUT2D eigenvalue weighted by Crippen LogP contribution is 2.31. The molecule has 0 amide bonds. The minimum Gasteiger partial charge on any atom is -0.496 e. The second-order valence-corrected chi connectivity index (χ2v) is 3.55. The minimum atomic E-state index is -0.484. The van der Waals surface area contributed by atoms with Crippen molar-refractivity contribution in [3.63, 3.8) is 0 Å². The molecule has 94 valence electrons.